The van der Waals surface area contributed by atoms with Crippen LogP contribution in [0.1, 0.15) is 50.2 Å². The highest BCUT2D eigenvalue weighted by Crippen LogP contribution is 2.28. The monoisotopic (exact) mass is 661 g/mol. The number of amides is 2. The number of benzene rings is 3. The fourth-order valence-corrected chi connectivity index (χ4v) is 7.39. The zero-order chi connectivity index (χ0) is 31.1. The molecule has 1 N–H and O–H groups in total. The number of carbonyl (C=O) groups is 2. The van der Waals surface area contributed by atoms with Gasteiger partial charge >= 0.3 is 0 Å². The van der Waals surface area contributed by atoms with Crippen LogP contribution in [0.2, 0.25) is 10.0 Å². The number of thioether (sulfide) groups is 1. The third-order valence-corrected chi connectivity index (χ3v) is 10.8. The predicted molar refractivity (Wildman–Crippen MR) is 175 cm³/mol. The molecule has 0 aromatic heterocycles. The Balaban J connectivity index is 1.69. The molecule has 3 aromatic carbocycles. The zero-order valence-electron chi connectivity index (χ0n) is 24.6. The first kappa shape index (κ1) is 33.2. The Morgan fingerprint density at radius 3 is 2.23 bits per heavy atom. The quantitative estimate of drug-likeness (QED) is 0.222. The topological polar surface area (TPSA) is 86.8 Å². The second-order valence-electron chi connectivity index (χ2n) is 10.8. The Bertz CT molecular complexity index is 1530. The molecule has 1 fully saturated rings. The van der Waals surface area contributed by atoms with Crippen LogP contribution >= 0.6 is 35.0 Å². The summed E-state index contributed by atoms with van der Waals surface area (Å²) >= 11 is 14.1. The third kappa shape index (κ3) is 8.47. The molecule has 0 spiro atoms. The van der Waals surface area contributed by atoms with E-state index < -0.39 is 28.5 Å². The van der Waals surface area contributed by atoms with Crippen molar-refractivity contribution in [3.05, 3.63) is 87.9 Å². The third-order valence-electron chi connectivity index (χ3n) is 7.72. The fraction of sp³-hybridized carbons (Fsp3) is 0.375. The largest absolute Gasteiger partial charge is 0.352 e. The summed E-state index contributed by atoms with van der Waals surface area (Å²) in [4.78, 5) is 30.0. The number of halogens is 2. The highest BCUT2D eigenvalue weighted by atomic mass is 35.5. The van der Waals surface area contributed by atoms with E-state index in [1.54, 1.807) is 73.7 Å². The Morgan fingerprint density at radius 2 is 1.63 bits per heavy atom. The molecule has 0 heterocycles. The molecule has 4 rings (SSSR count). The van der Waals surface area contributed by atoms with E-state index in [2.05, 4.69) is 5.32 Å². The molecule has 1 aliphatic rings. The molecule has 1 aliphatic carbocycles. The van der Waals surface area contributed by atoms with Crippen LogP contribution < -0.4 is 9.62 Å². The van der Waals surface area contributed by atoms with Crippen molar-refractivity contribution in [3.8, 4) is 0 Å². The molecule has 1 atom stereocenters. The van der Waals surface area contributed by atoms with Gasteiger partial charge in [-0.2, -0.15) is 0 Å². The van der Waals surface area contributed by atoms with Gasteiger partial charge in [-0.15, -0.1) is 11.8 Å². The molecule has 1 saturated carbocycles. The number of nitrogens with zero attached hydrogens (tertiary/aromatic N) is 2. The molecule has 7 nitrogen and oxygen atoms in total. The molecule has 0 radical (unpaired) electrons. The average Bonchev–Trinajstić information content (AvgIpc) is 3.00. The molecule has 2 amide bonds. The Kier molecular flexibility index (Phi) is 11.5. The number of carbonyl (C=O) groups excluding carboxylic acids is 2. The van der Waals surface area contributed by atoms with Crippen LogP contribution in [0.25, 0.3) is 0 Å². The van der Waals surface area contributed by atoms with Gasteiger partial charge in [0.15, 0.2) is 0 Å². The summed E-state index contributed by atoms with van der Waals surface area (Å²) in [5.74, 6) is -0.829. The molecule has 11 heteroatoms. The van der Waals surface area contributed by atoms with Gasteiger partial charge in [0.1, 0.15) is 12.6 Å². The van der Waals surface area contributed by atoms with Gasteiger partial charge in [0, 0.05) is 27.5 Å². The first-order valence-electron chi connectivity index (χ1n) is 14.3. The number of aryl methyl sites for hydroxylation is 1. The van der Waals surface area contributed by atoms with Gasteiger partial charge in [-0.3, -0.25) is 13.9 Å². The lowest BCUT2D eigenvalue weighted by Gasteiger charge is -2.33. The van der Waals surface area contributed by atoms with Crippen LogP contribution in [0, 0.1) is 6.92 Å². The summed E-state index contributed by atoms with van der Waals surface area (Å²) < 4.78 is 29.2. The first-order chi connectivity index (χ1) is 20.5. The fourth-order valence-electron chi connectivity index (χ4n) is 5.10. The van der Waals surface area contributed by atoms with Crippen molar-refractivity contribution in [3.63, 3.8) is 0 Å². The van der Waals surface area contributed by atoms with Crippen LogP contribution in [-0.4, -0.2) is 50.0 Å². The highest BCUT2D eigenvalue weighted by Gasteiger charge is 2.33. The number of sulfonamides is 1. The van der Waals surface area contributed by atoms with Crippen LogP contribution in [0.4, 0.5) is 5.69 Å². The van der Waals surface area contributed by atoms with Gasteiger partial charge in [0.2, 0.25) is 11.8 Å². The maximum Gasteiger partial charge on any atom is 0.264 e. The summed E-state index contributed by atoms with van der Waals surface area (Å²) in [5.41, 5.74) is 1.88. The Labute approximate surface area is 269 Å². The number of rotatable bonds is 11. The summed E-state index contributed by atoms with van der Waals surface area (Å²) in [5, 5.41) is 3.89. The standard InChI is InChI=1S/C32H37Cl2N3O4S2/c1-22-9-13-27(14-10-22)37(43(40,41)29-17-15-28(42-3)16-18-29)21-31(38)36(20-24-11-12-25(33)19-30(24)34)23(2)32(39)35-26-7-5-4-6-8-26/h9-19,23,26H,4-8,20-21H2,1-3H3,(H,35,39). The highest BCUT2D eigenvalue weighted by molar-refractivity contribution is 7.98. The van der Waals surface area contributed by atoms with Gasteiger partial charge in [-0.05, 0) is 87.0 Å². The number of anilines is 1. The van der Waals surface area contributed by atoms with Crippen LogP contribution in [0.5, 0.6) is 0 Å². The van der Waals surface area contributed by atoms with Crippen molar-refractivity contribution in [1.82, 2.24) is 10.2 Å². The van der Waals surface area contributed by atoms with Crippen molar-refractivity contribution in [2.24, 2.45) is 0 Å². The number of hydrogen-bond acceptors (Lipinski definition) is 5. The van der Waals surface area contributed by atoms with E-state index in [-0.39, 0.29) is 23.4 Å². The lowest BCUT2D eigenvalue weighted by atomic mass is 9.95. The zero-order valence-corrected chi connectivity index (χ0v) is 27.7. The summed E-state index contributed by atoms with van der Waals surface area (Å²) in [7, 11) is -4.14. The van der Waals surface area contributed by atoms with Crippen molar-refractivity contribution in [1.29, 1.82) is 0 Å². The Hall–Kier alpha value is -2.72. The van der Waals surface area contributed by atoms with Crippen molar-refractivity contribution < 1.29 is 18.0 Å². The second kappa shape index (κ2) is 14.8. The lowest BCUT2D eigenvalue weighted by Crippen LogP contribution is -2.53. The molecule has 230 valence electrons. The Morgan fingerprint density at radius 1 is 0.977 bits per heavy atom. The lowest BCUT2D eigenvalue weighted by molar-refractivity contribution is -0.139. The molecular formula is C32H37Cl2N3O4S2. The van der Waals surface area contributed by atoms with Gasteiger partial charge in [0.25, 0.3) is 10.0 Å². The van der Waals surface area contributed by atoms with Crippen molar-refractivity contribution in [2.75, 3.05) is 17.1 Å². The molecule has 1 unspecified atom stereocenters. The summed E-state index contributed by atoms with van der Waals surface area (Å²) in [6, 6.07) is 17.6. The van der Waals surface area contributed by atoms with E-state index in [0.717, 1.165) is 46.9 Å². The predicted octanol–water partition coefficient (Wildman–Crippen LogP) is 7.09. The smallest absolute Gasteiger partial charge is 0.264 e. The normalized spacial score (nSPS) is 14.6. The first-order valence-corrected chi connectivity index (χ1v) is 17.7. The average molecular weight is 663 g/mol. The summed E-state index contributed by atoms with van der Waals surface area (Å²) in [6.07, 6.45) is 6.93. The van der Waals surface area contributed by atoms with Crippen molar-refractivity contribution in [2.45, 2.75) is 74.4 Å². The van der Waals surface area contributed by atoms with E-state index in [1.165, 1.54) is 16.7 Å². The maximum atomic E-state index is 14.2. The second-order valence-corrected chi connectivity index (χ2v) is 14.4. The van der Waals surface area contributed by atoms with Crippen molar-refractivity contribution >= 4 is 62.5 Å². The maximum absolute atomic E-state index is 14.2. The van der Waals surface area contributed by atoms with Crippen LogP contribution in [0.3, 0.4) is 0 Å². The minimum atomic E-state index is -4.14. The van der Waals surface area contributed by atoms with Gasteiger partial charge in [0.05, 0.1) is 10.6 Å². The van der Waals surface area contributed by atoms with Crippen LogP contribution in [-0.2, 0) is 26.2 Å². The van der Waals surface area contributed by atoms with Gasteiger partial charge in [-0.1, -0.05) is 66.2 Å². The van der Waals surface area contributed by atoms with E-state index >= 15 is 0 Å². The summed E-state index contributed by atoms with van der Waals surface area (Å²) in [6.45, 7) is 3.05. The molecule has 3 aromatic rings. The van der Waals surface area contributed by atoms with E-state index in [9.17, 15) is 18.0 Å². The van der Waals surface area contributed by atoms with E-state index in [1.807, 2.05) is 13.2 Å². The van der Waals surface area contributed by atoms with Crippen LogP contribution in [0.15, 0.2) is 76.5 Å². The molecule has 0 bridgehead atoms. The minimum Gasteiger partial charge on any atom is -0.352 e. The SMILES string of the molecule is CSc1ccc(S(=O)(=O)N(CC(=O)N(Cc2ccc(Cl)cc2Cl)C(C)C(=O)NC2CCCCC2)c2ccc(C)cc2)cc1. The van der Waals surface area contributed by atoms with Gasteiger partial charge in [-0.25, -0.2) is 8.42 Å². The van der Waals surface area contributed by atoms with E-state index in [4.69, 9.17) is 23.2 Å². The number of nitrogens with one attached hydrogen (secondary N) is 1. The van der Waals surface area contributed by atoms with E-state index in [0.29, 0.717) is 21.3 Å². The molecule has 0 aliphatic heterocycles. The minimum absolute atomic E-state index is 0.00169. The number of hydrogen-bond donors (Lipinski definition) is 1. The molecule has 43 heavy (non-hydrogen) atoms. The van der Waals surface area contributed by atoms with Gasteiger partial charge < -0.3 is 10.2 Å². The molecule has 0 saturated heterocycles. The molecular weight excluding hydrogens is 625 g/mol.